The summed E-state index contributed by atoms with van der Waals surface area (Å²) in [7, 11) is 0. The topological polar surface area (TPSA) is 78.8 Å². The Morgan fingerprint density at radius 3 is 2.59 bits per heavy atom. The normalized spacial score (nSPS) is 24.9. The van der Waals surface area contributed by atoms with Crippen LogP contribution in [0.4, 0.5) is 0 Å². The monoisotopic (exact) mass is 327 g/mol. The van der Waals surface area contributed by atoms with E-state index in [2.05, 4.69) is 5.32 Å². The Morgan fingerprint density at radius 2 is 1.95 bits per heavy atom. The fourth-order valence-electron chi connectivity index (χ4n) is 2.70. The lowest BCUT2D eigenvalue weighted by Gasteiger charge is -2.32. The van der Waals surface area contributed by atoms with Gasteiger partial charge in [0.05, 0.1) is 18.2 Å². The summed E-state index contributed by atoms with van der Waals surface area (Å²) in [5.74, 6) is 0.266. The summed E-state index contributed by atoms with van der Waals surface area (Å²) in [5.41, 5.74) is 1.78. The first-order chi connectivity index (χ1) is 10.4. The molecule has 0 spiro atoms. The summed E-state index contributed by atoms with van der Waals surface area (Å²) >= 11 is 6.08. The van der Waals surface area contributed by atoms with Gasteiger partial charge in [-0.3, -0.25) is 4.79 Å². The molecule has 0 bridgehead atoms. The van der Waals surface area contributed by atoms with E-state index in [1.165, 1.54) is 0 Å². The molecule has 0 saturated heterocycles. The van der Waals surface area contributed by atoms with Crippen molar-refractivity contribution in [2.45, 2.75) is 51.4 Å². The number of benzene rings is 1. The second kappa shape index (κ2) is 7.31. The van der Waals surface area contributed by atoms with Crippen molar-refractivity contribution >= 4 is 17.5 Å². The molecule has 3 N–H and O–H groups in total. The lowest BCUT2D eigenvalue weighted by Crippen LogP contribution is -2.51. The van der Waals surface area contributed by atoms with Gasteiger partial charge in [-0.2, -0.15) is 0 Å². The minimum Gasteiger partial charge on any atom is -0.484 e. The maximum absolute atomic E-state index is 11.9. The number of ether oxygens (including phenoxy) is 1. The molecule has 1 aromatic rings. The molecular weight excluding hydrogens is 306 g/mol. The molecular formula is C16H22ClNO4. The molecule has 1 aromatic carbocycles. The van der Waals surface area contributed by atoms with E-state index in [1.54, 1.807) is 12.1 Å². The van der Waals surface area contributed by atoms with Crippen molar-refractivity contribution in [1.29, 1.82) is 0 Å². The number of aliphatic hydroxyl groups excluding tert-OH is 2. The molecule has 1 aliphatic rings. The average molecular weight is 328 g/mol. The number of carbonyl (C=O) groups excluding carboxylic acids is 1. The lowest BCUT2D eigenvalue weighted by molar-refractivity contribution is -0.126. The third kappa shape index (κ3) is 4.12. The zero-order valence-electron chi connectivity index (χ0n) is 12.8. The maximum Gasteiger partial charge on any atom is 0.258 e. The van der Waals surface area contributed by atoms with Crippen molar-refractivity contribution in [3.05, 3.63) is 28.3 Å². The highest BCUT2D eigenvalue weighted by molar-refractivity contribution is 6.32. The lowest BCUT2D eigenvalue weighted by atomic mass is 9.90. The van der Waals surface area contributed by atoms with E-state index in [4.69, 9.17) is 16.3 Å². The molecule has 3 atom stereocenters. The Hall–Kier alpha value is -1.30. The number of hydrogen-bond acceptors (Lipinski definition) is 4. The molecule has 6 heteroatoms. The van der Waals surface area contributed by atoms with E-state index in [-0.39, 0.29) is 12.5 Å². The first kappa shape index (κ1) is 17.1. The van der Waals surface area contributed by atoms with Crippen LogP contribution in [0.15, 0.2) is 12.1 Å². The molecule has 0 radical (unpaired) electrons. The van der Waals surface area contributed by atoms with Gasteiger partial charge in [-0.15, -0.1) is 0 Å². The third-order valence-electron chi connectivity index (χ3n) is 3.95. The fourth-order valence-corrected chi connectivity index (χ4v) is 2.81. The SMILES string of the molecule is Cc1cc(OCC(=O)N[C@@H]2CCC[C@@H](O)[C@@H]2O)cc(C)c1Cl. The molecule has 0 aromatic heterocycles. The largest absolute Gasteiger partial charge is 0.484 e. The second-order valence-electron chi connectivity index (χ2n) is 5.82. The standard InChI is InChI=1S/C16H22ClNO4/c1-9-6-11(7-10(2)15(9)17)22-8-14(20)18-12-4-3-5-13(19)16(12)21/h6-7,12-13,16,19,21H,3-5,8H2,1-2H3,(H,18,20)/t12-,13-,16-/m1/s1. The molecule has 1 aliphatic carbocycles. The van der Waals surface area contributed by atoms with Crippen LogP contribution in [0.5, 0.6) is 5.75 Å². The van der Waals surface area contributed by atoms with Crippen LogP contribution in [0.3, 0.4) is 0 Å². The second-order valence-corrected chi connectivity index (χ2v) is 6.20. The Morgan fingerprint density at radius 1 is 1.32 bits per heavy atom. The van der Waals surface area contributed by atoms with Gasteiger partial charge in [-0.25, -0.2) is 0 Å². The number of nitrogens with one attached hydrogen (secondary N) is 1. The molecule has 0 aliphatic heterocycles. The summed E-state index contributed by atoms with van der Waals surface area (Å²) in [6.45, 7) is 3.61. The van der Waals surface area contributed by atoms with Crippen LogP contribution in [0, 0.1) is 13.8 Å². The van der Waals surface area contributed by atoms with Gasteiger partial charge < -0.3 is 20.3 Å². The highest BCUT2D eigenvalue weighted by Gasteiger charge is 2.31. The van der Waals surface area contributed by atoms with Crippen molar-refractivity contribution < 1.29 is 19.7 Å². The van der Waals surface area contributed by atoms with E-state index in [9.17, 15) is 15.0 Å². The summed E-state index contributed by atoms with van der Waals surface area (Å²) in [4.78, 5) is 11.9. The zero-order valence-corrected chi connectivity index (χ0v) is 13.6. The molecule has 2 rings (SSSR count). The predicted molar refractivity (Wildman–Crippen MR) is 84.2 cm³/mol. The van der Waals surface area contributed by atoms with Crippen molar-refractivity contribution in [3.63, 3.8) is 0 Å². The van der Waals surface area contributed by atoms with Gasteiger partial charge in [0.1, 0.15) is 5.75 Å². The minimum absolute atomic E-state index is 0.139. The van der Waals surface area contributed by atoms with Gasteiger partial charge in [0.25, 0.3) is 5.91 Å². The van der Waals surface area contributed by atoms with Gasteiger partial charge in [0.2, 0.25) is 0 Å². The van der Waals surface area contributed by atoms with Gasteiger partial charge in [0.15, 0.2) is 6.61 Å². The summed E-state index contributed by atoms with van der Waals surface area (Å²) in [6.07, 6.45) is 0.301. The molecule has 1 fully saturated rings. The number of halogens is 1. The smallest absolute Gasteiger partial charge is 0.258 e. The van der Waals surface area contributed by atoms with Crippen LogP contribution in [-0.4, -0.2) is 41.0 Å². The van der Waals surface area contributed by atoms with Crippen LogP contribution in [0.2, 0.25) is 5.02 Å². The first-order valence-electron chi connectivity index (χ1n) is 7.43. The summed E-state index contributed by atoms with van der Waals surface area (Å²) in [6, 6.07) is 3.14. The summed E-state index contributed by atoms with van der Waals surface area (Å²) in [5, 5.41) is 22.9. The predicted octanol–water partition coefficient (Wildman–Crippen LogP) is 1.73. The van der Waals surface area contributed by atoms with Crippen LogP contribution in [-0.2, 0) is 4.79 Å². The number of aliphatic hydroxyl groups is 2. The number of hydrogen-bond donors (Lipinski definition) is 3. The van der Waals surface area contributed by atoms with Crippen LogP contribution >= 0.6 is 11.6 Å². The number of rotatable bonds is 4. The maximum atomic E-state index is 11.9. The van der Waals surface area contributed by atoms with Crippen LogP contribution in [0.1, 0.15) is 30.4 Å². The number of carbonyl (C=O) groups is 1. The fraction of sp³-hybridized carbons (Fsp3) is 0.562. The third-order valence-corrected chi connectivity index (χ3v) is 4.54. The van der Waals surface area contributed by atoms with E-state index in [0.717, 1.165) is 17.5 Å². The van der Waals surface area contributed by atoms with Crippen molar-refractivity contribution in [1.82, 2.24) is 5.32 Å². The molecule has 0 unspecified atom stereocenters. The number of aryl methyl sites for hydroxylation is 2. The highest BCUT2D eigenvalue weighted by atomic mass is 35.5. The quantitative estimate of drug-likeness (QED) is 0.787. The molecule has 22 heavy (non-hydrogen) atoms. The summed E-state index contributed by atoms with van der Waals surface area (Å²) < 4.78 is 5.47. The molecule has 0 heterocycles. The van der Waals surface area contributed by atoms with Crippen LogP contribution in [0.25, 0.3) is 0 Å². The minimum atomic E-state index is -0.919. The van der Waals surface area contributed by atoms with E-state index >= 15 is 0 Å². The van der Waals surface area contributed by atoms with Gasteiger partial charge in [0, 0.05) is 5.02 Å². The van der Waals surface area contributed by atoms with Gasteiger partial charge in [-0.1, -0.05) is 11.6 Å². The highest BCUT2D eigenvalue weighted by Crippen LogP contribution is 2.25. The van der Waals surface area contributed by atoms with Crippen molar-refractivity contribution in [2.75, 3.05) is 6.61 Å². The molecule has 122 valence electrons. The van der Waals surface area contributed by atoms with E-state index < -0.39 is 18.2 Å². The van der Waals surface area contributed by atoms with Gasteiger partial charge in [-0.05, 0) is 56.4 Å². The Labute approximate surface area is 135 Å². The Balaban J connectivity index is 1.88. The molecule has 1 amide bonds. The molecule has 1 saturated carbocycles. The van der Waals surface area contributed by atoms with Crippen LogP contribution < -0.4 is 10.1 Å². The molecule has 5 nitrogen and oxygen atoms in total. The zero-order chi connectivity index (χ0) is 16.3. The van der Waals surface area contributed by atoms with Gasteiger partial charge >= 0.3 is 0 Å². The average Bonchev–Trinajstić information content (AvgIpc) is 2.47. The Kier molecular flexibility index (Phi) is 5.67. The Bertz CT molecular complexity index is 526. The number of amides is 1. The van der Waals surface area contributed by atoms with E-state index in [0.29, 0.717) is 23.6 Å². The van der Waals surface area contributed by atoms with Crippen molar-refractivity contribution in [2.24, 2.45) is 0 Å². The van der Waals surface area contributed by atoms with Crippen molar-refractivity contribution in [3.8, 4) is 5.75 Å². The first-order valence-corrected chi connectivity index (χ1v) is 7.81. The van der Waals surface area contributed by atoms with E-state index in [1.807, 2.05) is 13.8 Å².